The number of amides is 1. The lowest BCUT2D eigenvalue weighted by molar-refractivity contribution is 0.0711. The number of methoxy groups -OCH3 is 1. The van der Waals surface area contributed by atoms with Crippen LogP contribution in [0.25, 0.3) is 32.3 Å². The summed E-state index contributed by atoms with van der Waals surface area (Å²) in [7, 11) is 1.45. The van der Waals surface area contributed by atoms with Gasteiger partial charge in [-0.05, 0) is 77.4 Å². The lowest BCUT2D eigenvalue weighted by Gasteiger charge is -2.34. The highest BCUT2D eigenvalue weighted by Gasteiger charge is 2.26. The fourth-order valence-electron chi connectivity index (χ4n) is 5.91. The largest absolute Gasteiger partial charge is 0.504 e. The molecular formula is C35H29FN6O4S. The molecule has 1 aliphatic rings. The number of hydrogen-bond donors (Lipinski definition) is 4. The van der Waals surface area contributed by atoms with Gasteiger partial charge in [0.05, 0.1) is 17.6 Å². The number of phenols is 1. The van der Waals surface area contributed by atoms with Gasteiger partial charge in [-0.1, -0.05) is 18.2 Å². The van der Waals surface area contributed by atoms with Gasteiger partial charge in [-0.2, -0.15) is 10.5 Å². The number of phenolic OH excluding ortho intramolecular Hbond substituents is 1. The number of halogens is 1. The first-order chi connectivity index (χ1) is 22.8. The number of nitriles is 2. The normalized spacial score (nSPS) is 13.3. The zero-order valence-corrected chi connectivity index (χ0v) is 26.1. The Morgan fingerprint density at radius 1 is 1.09 bits per heavy atom. The predicted octanol–water partition coefficient (Wildman–Crippen LogP) is 6.10. The number of nitrogens with one attached hydrogen (secondary N) is 2. The fraction of sp³-hybridized carbons (Fsp3) is 0.200. The number of rotatable bonds is 8. The van der Waals surface area contributed by atoms with Crippen molar-refractivity contribution >= 4 is 33.1 Å². The van der Waals surface area contributed by atoms with E-state index in [-0.39, 0.29) is 28.7 Å². The predicted molar refractivity (Wildman–Crippen MR) is 176 cm³/mol. The maximum absolute atomic E-state index is 14.9. The highest BCUT2D eigenvalue weighted by Crippen LogP contribution is 2.41. The number of fused-ring (bicyclic) bond motifs is 1. The zero-order chi connectivity index (χ0) is 33.1. The van der Waals surface area contributed by atoms with E-state index >= 15 is 0 Å². The second kappa shape index (κ2) is 13.4. The first-order valence-electron chi connectivity index (χ1n) is 14.8. The fourth-order valence-corrected chi connectivity index (χ4v) is 6.84. The van der Waals surface area contributed by atoms with Gasteiger partial charge in [-0.3, -0.25) is 10.0 Å². The topological polar surface area (TPSA) is 155 Å². The maximum Gasteiger partial charge on any atom is 0.284 e. The van der Waals surface area contributed by atoms with Crippen LogP contribution in [0, 0.1) is 28.5 Å². The molecule has 12 heteroatoms. The summed E-state index contributed by atoms with van der Waals surface area (Å²) in [5, 5.41) is 43.7. The third-order valence-electron chi connectivity index (χ3n) is 8.33. The summed E-state index contributed by atoms with van der Waals surface area (Å²) >= 11 is 1.31. The van der Waals surface area contributed by atoms with Crippen LogP contribution in [0.15, 0.2) is 66.9 Å². The van der Waals surface area contributed by atoms with E-state index in [9.17, 15) is 24.8 Å². The molecule has 3 aromatic carbocycles. The summed E-state index contributed by atoms with van der Waals surface area (Å²) in [4.78, 5) is 19.0. The number of thiophene rings is 1. The van der Waals surface area contributed by atoms with Crippen LogP contribution in [0.4, 0.5) is 10.2 Å². The number of pyridine rings is 1. The molecular weight excluding hydrogens is 619 g/mol. The van der Waals surface area contributed by atoms with Crippen LogP contribution in [0.3, 0.4) is 0 Å². The number of ether oxygens (including phenoxy) is 1. The molecule has 1 saturated heterocycles. The van der Waals surface area contributed by atoms with Gasteiger partial charge < -0.3 is 20.1 Å². The Hall–Kier alpha value is -5.53. The van der Waals surface area contributed by atoms with E-state index in [4.69, 9.17) is 14.9 Å². The third kappa shape index (κ3) is 6.30. The SMILES string of the molecule is COc1ccc(-c2cnc(N3CCC(NCc4ccc5sc(C(=O)NO)cc5c4)CC3)c(C#N)c2-c2ccc(C#N)c(F)c2)cc1O. The van der Waals surface area contributed by atoms with Gasteiger partial charge in [0, 0.05) is 47.7 Å². The Bertz CT molecular complexity index is 2080. The van der Waals surface area contributed by atoms with E-state index in [2.05, 4.69) is 16.3 Å². The standard InChI is InChI=1S/C35H29FN6O4S/c1-46-30-6-5-21(14-29(30)43)27-19-40-34(26(17-38)33(27)22-3-4-23(16-37)28(36)13-22)42-10-8-25(9-11-42)39-18-20-2-7-31-24(12-20)15-32(47-31)35(44)41-45/h2-7,12-15,19,25,39,43,45H,8-11,18H2,1H3,(H,41,44). The molecule has 2 aromatic heterocycles. The molecule has 0 unspecified atom stereocenters. The van der Waals surface area contributed by atoms with E-state index in [0.29, 0.717) is 52.6 Å². The molecule has 0 saturated carbocycles. The first-order valence-corrected chi connectivity index (χ1v) is 15.6. The molecule has 10 nitrogen and oxygen atoms in total. The van der Waals surface area contributed by atoms with Crippen molar-refractivity contribution in [3.8, 4) is 45.9 Å². The van der Waals surface area contributed by atoms with Crippen molar-refractivity contribution in [1.29, 1.82) is 10.5 Å². The molecule has 3 heterocycles. The van der Waals surface area contributed by atoms with Gasteiger partial charge in [-0.25, -0.2) is 14.9 Å². The Morgan fingerprint density at radius 2 is 1.87 bits per heavy atom. The second-order valence-corrected chi connectivity index (χ2v) is 12.2. The Morgan fingerprint density at radius 3 is 2.55 bits per heavy atom. The Kier molecular flexibility index (Phi) is 9.00. The van der Waals surface area contributed by atoms with Crippen LogP contribution >= 0.6 is 11.3 Å². The summed E-state index contributed by atoms with van der Waals surface area (Å²) in [6.07, 6.45) is 3.22. The number of aromatic hydroxyl groups is 1. The molecule has 0 aliphatic carbocycles. The van der Waals surface area contributed by atoms with Gasteiger partial charge in [0.2, 0.25) is 0 Å². The third-order valence-corrected chi connectivity index (χ3v) is 9.45. The van der Waals surface area contributed by atoms with E-state index in [1.54, 1.807) is 35.9 Å². The smallest absolute Gasteiger partial charge is 0.284 e. The van der Waals surface area contributed by atoms with Gasteiger partial charge in [-0.15, -0.1) is 11.3 Å². The molecule has 0 spiro atoms. The summed E-state index contributed by atoms with van der Waals surface area (Å²) < 4.78 is 21.0. The van der Waals surface area contributed by atoms with Gasteiger partial charge in [0.15, 0.2) is 11.5 Å². The highest BCUT2D eigenvalue weighted by atomic mass is 32.1. The van der Waals surface area contributed by atoms with E-state index < -0.39 is 11.7 Å². The lowest BCUT2D eigenvalue weighted by Crippen LogP contribution is -2.42. The van der Waals surface area contributed by atoms with Crippen molar-refractivity contribution in [1.82, 2.24) is 15.8 Å². The Balaban J connectivity index is 1.24. The quantitative estimate of drug-likeness (QED) is 0.115. The van der Waals surface area contributed by atoms with Crippen molar-refractivity contribution in [2.75, 3.05) is 25.1 Å². The molecule has 6 rings (SSSR count). The lowest BCUT2D eigenvalue weighted by atomic mass is 9.91. The van der Waals surface area contributed by atoms with Crippen LogP contribution in [-0.4, -0.2) is 47.4 Å². The number of carbonyl (C=O) groups is 1. The average molecular weight is 649 g/mol. The van der Waals surface area contributed by atoms with Crippen molar-refractivity contribution in [2.24, 2.45) is 0 Å². The maximum atomic E-state index is 14.9. The molecule has 0 bridgehead atoms. The molecule has 47 heavy (non-hydrogen) atoms. The van der Waals surface area contributed by atoms with E-state index in [1.165, 1.54) is 36.6 Å². The molecule has 1 aliphatic heterocycles. The first kappa shape index (κ1) is 31.5. The van der Waals surface area contributed by atoms with Crippen LogP contribution in [0.5, 0.6) is 11.5 Å². The number of anilines is 1. The van der Waals surface area contributed by atoms with Crippen LogP contribution in [0.2, 0.25) is 0 Å². The van der Waals surface area contributed by atoms with E-state index in [1.807, 2.05) is 24.3 Å². The molecule has 236 valence electrons. The zero-order valence-electron chi connectivity index (χ0n) is 25.2. The molecule has 1 amide bonds. The van der Waals surface area contributed by atoms with Gasteiger partial charge >= 0.3 is 0 Å². The van der Waals surface area contributed by atoms with Crippen LogP contribution < -0.4 is 20.4 Å². The number of piperidine rings is 1. The molecule has 1 fully saturated rings. The summed E-state index contributed by atoms with van der Waals surface area (Å²) in [5.74, 6) is -0.546. The second-order valence-electron chi connectivity index (χ2n) is 11.1. The van der Waals surface area contributed by atoms with E-state index in [0.717, 1.165) is 28.5 Å². The van der Waals surface area contributed by atoms with Crippen molar-refractivity contribution in [3.05, 3.63) is 94.2 Å². The number of hydrogen-bond acceptors (Lipinski definition) is 10. The molecule has 4 N–H and O–H groups in total. The monoisotopic (exact) mass is 648 g/mol. The Labute approximate surface area is 273 Å². The van der Waals surface area contributed by atoms with Crippen LogP contribution in [-0.2, 0) is 6.54 Å². The minimum Gasteiger partial charge on any atom is -0.504 e. The summed E-state index contributed by atoms with van der Waals surface area (Å²) in [6, 6.07) is 21.2. The van der Waals surface area contributed by atoms with Gasteiger partial charge in [0.1, 0.15) is 29.3 Å². The number of nitrogens with zero attached hydrogens (tertiary/aromatic N) is 4. The number of benzene rings is 3. The average Bonchev–Trinajstić information content (AvgIpc) is 3.53. The molecule has 0 atom stereocenters. The number of carbonyl (C=O) groups excluding carboxylic acids is 1. The number of hydroxylamine groups is 1. The molecule has 5 aromatic rings. The minimum atomic E-state index is -0.697. The molecule has 0 radical (unpaired) electrons. The van der Waals surface area contributed by atoms with Crippen molar-refractivity contribution < 1.29 is 24.2 Å². The van der Waals surface area contributed by atoms with Crippen molar-refractivity contribution in [3.63, 3.8) is 0 Å². The highest BCUT2D eigenvalue weighted by molar-refractivity contribution is 7.20. The van der Waals surface area contributed by atoms with Crippen LogP contribution in [0.1, 0.15) is 39.2 Å². The number of aromatic nitrogens is 1. The van der Waals surface area contributed by atoms with Gasteiger partial charge in [0.25, 0.3) is 5.91 Å². The summed E-state index contributed by atoms with van der Waals surface area (Å²) in [6.45, 7) is 1.90. The minimum absolute atomic E-state index is 0.0896. The van der Waals surface area contributed by atoms with Crippen molar-refractivity contribution in [2.45, 2.75) is 25.4 Å². The summed E-state index contributed by atoms with van der Waals surface area (Å²) in [5.41, 5.74) is 4.87.